The summed E-state index contributed by atoms with van der Waals surface area (Å²) in [6, 6.07) is 13.6. The van der Waals surface area contributed by atoms with Crippen LogP contribution in [0, 0.1) is 12.8 Å². The summed E-state index contributed by atoms with van der Waals surface area (Å²) in [7, 11) is 0. The molecule has 0 aromatic heterocycles. The summed E-state index contributed by atoms with van der Waals surface area (Å²) in [4.78, 5) is 29.2. The van der Waals surface area contributed by atoms with Crippen molar-refractivity contribution in [2.24, 2.45) is 5.92 Å². The minimum atomic E-state index is -0.309. The van der Waals surface area contributed by atoms with E-state index in [1.54, 1.807) is 4.90 Å². The molecule has 4 rings (SSSR count). The predicted octanol–water partition coefficient (Wildman–Crippen LogP) is 2.91. The highest BCUT2D eigenvalue weighted by Gasteiger charge is 2.38. The first-order valence-corrected chi connectivity index (χ1v) is 9.10. The molecule has 1 unspecified atom stereocenters. The van der Waals surface area contributed by atoms with Crippen LogP contribution in [0.15, 0.2) is 42.5 Å². The number of carbonyl (C=O) groups is 2. The van der Waals surface area contributed by atoms with Crippen LogP contribution in [0.5, 0.6) is 0 Å². The Bertz CT molecular complexity index is 860. The van der Waals surface area contributed by atoms with Crippen LogP contribution in [0.3, 0.4) is 0 Å². The Kier molecular flexibility index (Phi) is 4.15. The molecule has 1 saturated heterocycles. The van der Waals surface area contributed by atoms with Gasteiger partial charge in [0.25, 0.3) is 0 Å². The molecule has 5 nitrogen and oxygen atoms in total. The maximum atomic E-state index is 13.2. The lowest BCUT2D eigenvalue weighted by atomic mass is 9.97. The van der Waals surface area contributed by atoms with E-state index in [2.05, 4.69) is 0 Å². The van der Waals surface area contributed by atoms with E-state index >= 15 is 0 Å². The van der Waals surface area contributed by atoms with Gasteiger partial charge in [-0.15, -0.1) is 0 Å². The average molecular weight is 349 g/mol. The van der Waals surface area contributed by atoms with Crippen LogP contribution in [-0.2, 0) is 16.0 Å². The van der Waals surface area contributed by atoms with Crippen molar-refractivity contribution in [3.8, 4) is 0 Å². The number of carbonyl (C=O) groups excluding carboxylic acids is 2. The van der Waals surface area contributed by atoms with Crippen LogP contribution in [-0.4, -0.2) is 24.9 Å². The fraction of sp³-hybridized carbons (Fsp3) is 0.333. The number of aryl methyl sites for hydroxylation is 1. The van der Waals surface area contributed by atoms with E-state index in [1.807, 2.05) is 54.3 Å². The first-order valence-electron chi connectivity index (χ1n) is 9.10. The van der Waals surface area contributed by atoms with Crippen molar-refractivity contribution in [1.82, 2.24) is 0 Å². The minimum Gasteiger partial charge on any atom is -0.398 e. The summed E-state index contributed by atoms with van der Waals surface area (Å²) in [5, 5.41) is 0. The number of nitrogens with zero attached hydrogens (tertiary/aromatic N) is 2. The molecule has 0 saturated carbocycles. The summed E-state index contributed by atoms with van der Waals surface area (Å²) in [6.45, 7) is 3.14. The molecule has 0 aliphatic carbocycles. The first kappa shape index (κ1) is 16.6. The van der Waals surface area contributed by atoms with Crippen LogP contribution >= 0.6 is 0 Å². The smallest absolute Gasteiger partial charge is 0.232 e. The van der Waals surface area contributed by atoms with Gasteiger partial charge >= 0.3 is 0 Å². The molecule has 134 valence electrons. The third kappa shape index (κ3) is 2.83. The topological polar surface area (TPSA) is 66.6 Å². The SMILES string of the molecule is Cc1ccc(N2CC(C(=O)N3CCCc4c(N)cccc43)CC2=O)cc1. The molecular weight excluding hydrogens is 326 g/mol. The molecular formula is C21H23N3O2. The highest BCUT2D eigenvalue weighted by atomic mass is 16.2. The van der Waals surface area contributed by atoms with Gasteiger partial charge in [-0.2, -0.15) is 0 Å². The fourth-order valence-electron chi connectivity index (χ4n) is 3.95. The quantitative estimate of drug-likeness (QED) is 0.848. The van der Waals surface area contributed by atoms with Gasteiger partial charge in [-0.1, -0.05) is 23.8 Å². The van der Waals surface area contributed by atoms with Gasteiger partial charge in [-0.3, -0.25) is 9.59 Å². The number of fused-ring (bicyclic) bond motifs is 1. The second-order valence-corrected chi connectivity index (χ2v) is 7.18. The molecule has 5 heteroatoms. The van der Waals surface area contributed by atoms with Crippen LogP contribution in [0.4, 0.5) is 17.1 Å². The van der Waals surface area contributed by atoms with Gasteiger partial charge in [0.1, 0.15) is 0 Å². The van der Waals surface area contributed by atoms with Crippen LogP contribution in [0.25, 0.3) is 0 Å². The molecule has 2 heterocycles. The van der Waals surface area contributed by atoms with Crippen molar-refractivity contribution >= 4 is 28.9 Å². The van der Waals surface area contributed by atoms with E-state index in [9.17, 15) is 9.59 Å². The lowest BCUT2D eigenvalue weighted by molar-refractivity contribution is -0.124. The lowest BCUT2D eigenvalue weighted by Gasteiger charge is -2.32. The highest BCUT2D eigenvalue weighted by Crippen LogP contribution is 2.34. The number of nitrogen functional groups attached to an aromatic ring is 1. The molecule has 2 amide bonds. The van der Waals surface area contributed by atoms with Crippen molar-refractivity contribution in [3.63, 3.8) is 0 Å². The molecule has 2 aromatic rings. The third-order valence-corrected chi connectivity index (χ3v) is 5.37. The summed E-state index contributed by atoms with van der Waals surface area (Å²) >= 11 is 0. The number of hydrogen-bond donors (Lipinski definition) is 1. The lowest BCUT2D eigenvalue weighted by Crippen LogP contribution is -2.40. The molecule has 0 spiro atoms. The summed E-state index contributed by atoms with van der Waals surface area (Å²) in [5.41, 5.74) is 10.8. The molecule has 1 atom stereocenters. The number of rotatable bonds is 2. The van der Waals surface area contributed by atoms with Gasteiger partial charge in [-0.05, 0) is 49.6 Å². The number of benzene rings is 2. The second kappa shape index (κ2) is 6.48. The molecule has 26 heavy (non-hydrogen) atoms. The zero-order valence-corrected chi connectivity index (χ0v) is 14.9. The monoisotopic (exact) mass is 349 g/mol. The summed E-state index contributed by atoms with van der Waals surface area (Å²) < 4.78 is 0. The molecule has 0 bridgehead atoms. The van der Waals surface area contributed by atoms with E-state index in [0.717, 1.165) is 41.0 Å². The van der Waals surface area contributed by atoms with Gasteiger partial charge < -0.3 is 15.5 Å². The predicted molar refractivity (Wildman–Crippen MR) is 103 cm³/mol. The van der Waals surface area contributed by atoms with Crippen LogP contribution < -0.4 is 15.5 Å². The Morgan fingerprint density at radius 3 is 2.69 bits per heavy atom. The van der Waals surface area contributed by atoms with E-state index in [-0.39, 0.29) is 24.2 Å². The number of anilines is 3. The molecule has 2 aliphatic rings. The fourth-order valence-corrected chi connectivity index (χ4v) is 3.95. The second-order valence-electron chi connectivity index (χ2n) is 7.18. The van der Waals surface area contributed by atoms with Gasteiger partial charge in [0, 0.05) is 36.6 Å². The number of nitrogens with two attached hydrogens (primary N) is 1. The van der Waals surface area contributed by atoms with E-state index in [1.165, 1.54) is 0 Å². The number of hydrogen-bond acceptors (Lipinski definition) is 3. The van der Waals surface area contributed by atoms with E-state index in [4.69, 9.17) is 5.73 Å². The maximum absolute atomic E-state index is 13.2. The van der Waals surface area contributed by atoms with Gasteiger partial charge in [0.15, 0.2) is 0 Å². The summed E-state index contributed by atoms with van der Waals surface area (Å²) in [5.74, 6) is -0.271. The molecule has 2 aliphatic heterocycles. The summed E-state index contributed by atoms with van der Waals surface area (Å²) in [6.07, 6.45) is 2.06. The van der Waals surface area contributed by atoms with Crippen LogP contribution in [0.2, 0.25) is 0 Å². The van der Waals surface area contributed by atoms with E-state index < -0.39 is 0 Å². The molecule has 2 aromatic carbocycles. The van der Waals surface area contributed by atoms with Crippen molar-refractivity contribution in [2.75, 3.05) is 28.6 Å². The largest absolute Gasteiger partial charge is 0.398 e. The Labute approximate surface area is 153 Å². The minimum absolute atomic E-state index is 0.0111. The molecule has 1 fully saturated rings. The van der Waals surface area contributed by atoms with Gasteiger partial charge in [0.2, 0.25) is 11.8 Å². The van der Waals surface area contributed by atoms with E-state index in [0.29, 0.717) is 13.1 Å². The van der Waals surface area contributed by atoms with Gasteiger partial charge in [0.05, 0.1) is 5.92 Å². The van der Waals surface area contributed by atoms with Gasteiger partial charge in [-0.25, -0.2) is 0 Å². The highest BCUT2D eigenvalue weighted by molar-refractivity contribution is 6.05. The van der Waals surface area contributed by atoms with Crippen molar-refractivity contribution in [2.45, 2.75) is 26.2 Å². The maximum Gasteiger partial charge on any atom is 0.232 e. The average Bonchev–Trinajstić information content (AvgIpc) is 3.03. The molecule has 2 N–H and O–H groups in total. The van der Waals surface area contributed by atoms with Crippen LogP contribution in [0.1, 0.15) is 24.0 Å². The first-order chi connectivity index (χ1) is 12.5. The Balaban J connectivity index is 1.56. The van der Waals surface area contributed by atoms with Crippen molar-refractivity contribution < 1.29 is 9.59 Å². The molecule has 0 radical (unpaired) electrons. The Morgan fingerprint density at radius 2 is 1.92 bits per heavy atom. The number of amides is 2. The Hall–Kier alpha value is -2.82. The zero-order chi connectivity index (χ0) is 18.3. The third-order valence-electron chi connectivity index (χ3n) is 5.37. The van der Waals surface area contributed by atoms with Crippen molar-refractivity contribution in [3.05, 3.63) is 53.6 Å². The normalized spacial score (nSPS) is 19.6. The Morgan fingerprint density at radius 1 is 1.15 bits per heavy atom. The zero-order valence-electron chi connectivity index (χ0n) is 14.9. The standard InChI is InChI=1S/C21H23N3O2/c1-14-7-9-16(10-8-14)24-13-15(12-20(24)25)21(26)23-11-3-4-17-18(22)5-2-6-19(17)23/h2,5-10,15H,3-4,11-13,22H2,1H3. The van der Waals surface area contributed by atoms with Crippen molar-refractivity contribution in [1.29, 1.82) is 0 Å².